The van der Waals surface area contributed by atoms with Crippen LogP contribution >= 0.6 is 11.8 Å². The first-order valence-corrected chi connectivity index (χ1v) is 8.36. The number of amides is 1. The first-order chi connectivity index (χ1) is 8.81. The Hall–Kier alpha value is -0.420. The Morgan fingerprint density at radius 2 is 2.11 bits per heavy atom. The predicted octanol–water partition coefficient (Wildman–Crippen LogP) is 2.77. The summed E-state index contributed by atoms with van der Waals surface area (Å²) in [6.45, 7) is 8.32. The largest absolute Gasteiger partial charge is 0.444 e. The van der Waals surface area contributed by atoms with E-state index >= 15 is 0 Å². The first-order valence-electron chi connectivity index (χ1n) is 7.07. The third kappa shape index (κ3) is 6.52. The van der Waals surface area contributed by atoms with Crippen LogP contribution in [0.25, 0.3) is 0 Å². The highest BCUT2D eigenvalue weighted by molar-refractivity contribution is 7.99. The van der Waals surface area contributed by atoms with Crippen LogP contribution in [0.5, 0.6) is 0 Å². The molecule has 1 amide bonds. The average molecular weight is 288 g/mol. The van der Waals surface area contributed by atoms with Crippen molar-refractivity contribution in [2.75, 3.05) is 12.8 Å². The highest BCUT2D eigenvalue weighted by Gasteiger charge is 2.27. The Balaban J connectivity index is 2.24. The number of carbonyl (C=O) groups excluding carboxylic acids is 1. The van der Waals surface area contributed by atoms with Gasteiger partial charge in [0.2, 0.25) is 0 Å². The number of hydrogen-bond donors (Lipinski definition) is 2. The Morgan fingerprint density at radius 1 is 1.42 bits per heavy atom. The van der Waals surface area contributed by atoms with Crippen LogP contribution in [0, 0.1) is 0 Å². The van der Waals surface area contributed by atoms with Crippen LogP contribution in [-0.4, -0.2) is 41.8 Å². The van der Waals surface area contributed by atoms with Gasteiger partial charge in [-0.3, -0.25) is 0 Å². The zero-order valence-corrected chi connectivity index (χ0v) is 13.6. The average Bonchev–Trinajstić information content (AvgIpc) is 2.71. The van der Waals surface area contributed by atoms with Gasteiger partial charge in [0.15, 0.2) is 0 Å². The summed E-state index contributed by atoms with van der Waals surface area (Å²) in [7, 11) is 0. The monoisotopic (exact) mass is 288 g/mol. The Morgan fingerprint density at radius 3 is 2.68 bits per heavy atom. The molecule has 1 aliphatic carbocycles. The maximum absolute atomic E-state index is 11.6. The molecule has 4 nitrogen and oxygen atoms in total. The van der Waals surface area contributed by atoms with E-state index in [2.05, 4.69) is 23.8 Å². The SMILES string of the molecule is CSC1CCCC1NC(C)CNC(=O)OC(C)(C)C. The number of thioether (sulfide) groups is 1. The first kappa shape index (κ1) is 16.6. The molecular formula is C14H28N2O2S. The molecule has 5 heteroatoms. The second-order valence-electron chi connectivity index (χ2n) is 6.26. The van der Waals surface area contributed by atoms with Crippen LogP contribution in [0.3, 0.4) is 0 Å². The summed E-state index contributed by atoms with van der Waals surface area (Å²) < 4.78 is 5.22. The van der Waals surface area contributed by atoms with Gasteiger partial charge in [0, 0.05) is 23.9 Å². The second-order valence-corrected chi connectivity index (χ2v) is 7.34. The number of nitrogens with one attached hydrogen (secondary N) is 2. The molecular weight excluding hydrogens is 260 g/mol. The van der Waals surface area contributed by atoms with E-state index in [0.29, 0.717) is 17.8 Å². The Labute approximate surface area is 121 Å². The minimum atomic E-state index is -0.434. The minimum Gasteiger partial charge on any atom is -0.444 e. The van der Waals surface area contributed by atoms with Crippen molar-refractivity contribution in [2.45, 2.75) is 69.9 Å². The molecule has 1 fully saturated rings. The zero-order chi connectivity index (χ0) is 14.5. The number of carbonyl (C=O) groups is 1. The number of ether oxygens (including phenoxy) is 1. The quantitative estimate of drug-likeness (QED) is 0.817. The van der Waals surface area contributed by atoms with Gasteiger partial charge >= 0.3 is 6.09 Å². The summed E-state index contributed by atoms with van der Waals surface area (Å²) in [5.74, 6) is 0. The molecule has 0 heterocycles. The molecule has 3 unspecified atom stereocenters. The van der Waals surface area contributed by atoms with Crippen LogP contribution < -0.4 is 10.6 Å². The van der Waals surface area contributed by atoms with Crippen LogP contribution in [0.2, 0.25) is 0 Å². The van der Waals surface area contributed by atoms with Gasteiger partial charge in [-0.05, 0) is 46.8 Å². The molecule has 3 atom stereocenters. The summed E-state index contributed by atoms with van der Waals surface area (Å²) >= 11 is 1.94. The molecule has 0 aliphatic heterocycles. The van der Waals surface area contributed by atoms with E-state index in [1.54, 1.807) is 0 Å². The van der Waals surface area contributed by atoms with Gasteiger partial charge in [-0.1, -0.05) is 6.42 Å². The van der Waals surface area contributed by atoms with Crippen LogP contribution in [0.1, 0.15) is 47.0 Å². The molecule has 1 rings (SSSR count). The van der Waals surface area contributed by atoms with E-state index in [1.165, 1.54) is 19.3 Å². The van der Waals surface area contributed by atoms with Gasteiger partial charge in [0.1, 0.15) is 5.60 Å². The van der Waals surface area contributed by atoms with Gasteiger partial charge < -0.3 is 15.4 Å². The molecule has 0 spiro atoms. The predicted molar refractivity (Wildman–Crippen MR) is 81.8 cm³/mol. The number of hydrogen-bond acceptors (Lipinski definition) is 4. The fourth-order valence-corrected chi connectivity index (χ4v) is 3.32. The zero-order valence-electron chi connectivity index (χ0n) is 12.8. The van der Waals surface area contributed by atoms with E-state index in [-0.39, 0.29) is 12.1 Å². The highest BCUT2D eigenvalue weighted by atomic mass is 32.2. The van der Waals surface area contributed by atoms with Gasteiger partial charge in [-0.15, -0.1) is 0 Å². The van der Waals surface area contributed by atoms with Crippen LogP contribution in [-0.2, 0) is 4.74 Å². The summed E-state index contributed by atoms with van der Waals surface area (Å²) in [6, 6.07) is 0.843. The molecule has 1 aliphatic rings. The Kier molecular flexibility index (Phi) is 6.47. The van der Waals surface area contributed by atoms with Gasteiger partial charge in [0.25, 0.3) is 0 Å². The smallest absolute Gasteiger partial charge is 0.407 e. The third-order valence-corrected chi connectivity index (χ3v) is 4.38. The van der Waals surface area contributed by atoms with E-state index < -0.39 is 5.60 Å². The molecule has 19 heavy (non-hydrogen) atoms. The van der Waals surface area contributed by atoms with Crippen molar-refractivity contribution in [2.24, 2.45) is 0 Å². The molecule has 0 bridgehead atoms. The van der Waals surface area contributed by atoms with E-state index in [0.717, 1.165) is 0 Å². The normalized spacial score (nSPS) is 25.1. The second kappa shape index (κ2) is 7.39. The fourth-order valence-electron chi connectivity index (χ4n) is 2.37. The van der Waals surface area contributed by atoms with Gasteiger partial charge in [-0.25, -0.2) is 4.79 Å². The lowest BCUT2D eigenvalue weighted by Crippen LogP contribution is -2.46. The lowest BCUT2D eigenvalue weighted by Gasteiger charge is -2.25. The van der Waals surface area contributed by atoms with E-state index in [4.69, 9.17) is 4.74 Å². The fraction of sp³-hybridized carbons (Fsp3) is 0.929. The van der Waals surface area contributed by atoms with Gasteiger partial charge in [-0.2, -0.15) is 11.8 Å². The van der Waals surface area contributed by atoms with Crippen molar-refractivity contribution in [1.82, 2.24) is 10.6 Å². The van der Waals surface area contributed by atoms with E-state index in [9.17, 15) is 4.79 Å². The van der Waals surface area contributed by atoms with Crippen molar-refractivity contribution in [3.8, 4) is 0 Å². The van der Waals surface area contributed by atoms with Crippen molar-refractivity contribution in [3.63, 3.8) is 0 Å². The standard InChI is InChI=1S/C14H28N2O2S/c1-10(9-15-13(17)18-14(2,3)4)16-11-7-6-8-12(11)19-5/h10-12,16H,6-9H2,1-5H3,(H,15,17). The van der Waals surface area contributed by atoms with Crippen molar-refractivity contribution < 1.29 is 9.53 Å². The molecule has 0 saturated heterocycles. The summed E-state index contributed by atoms with van der Waals surface area (Å²) in [5.41, 5.74) is -0.434. The third-order valence-electron chi connectivity index (χ3n) is 3.21. The molecule has 0 aromatic carbocycles. The molecule has 2 N–H and O–H groups in total. The summed E-state index contributed by atoms with van der Waals surface area (Å²) in [4.78, 5) is 11.6. The van der Waals surface area contributed by atoms with Gasteiger partial charge in [0.05, 0.1) is 0 Å². The lowest BCUT2D eigenvalue weighted by molar-refractivity contribution is 0.0522. The molecule has 0 radical (unpaired) electrons. The maximum Gasteiger partial charge on any atom is 0.407 e. The summed E-state index contributed by atoms with van der Waals surface area (Å²) in [5, 5.41) is 7.13. The Bertz CT molecular complexity index is 292. The number of alkyl carbamates (subject to hydrolysis) is 1. The van der Waals surface area contributed by atoms with Crippen LogP contribution in [0.15, 0.2) is 0 Å². The molecule has 1 saturated carbocycles. The van der Waals surface area contributed by atoms with Crippen molar-refractivity contribution in [1.29, 1.82) is 0 Å². The minimum absolute atomic E-state index is 0.269. The number of rotatable bonds is 5. The van der Waals surface area contributed by atoms with E-state index in [1.807, 2.05) is 32.5 Å². The van der Waals surface area contributed by atoms with Crippen LogP contribution in [0.4, 0.5) is 4.79 Å². The lowest BCUT2D eigenvalue weighted by atomic mass is 10.2. The molecule has 0 aromatic heterocycles. The molecule has 112 valence electrons. The van der Waals surface area contributed by atoms with Crippen molar-refractivity contribution >= 4 is 17.9 Å². The highest BCUT2D eigenvalue weighted by Crippen LogP contribution is 2.28. The maximum atomic E-state index is 11.6. The molecule has 0 aromatic rings. The van der Waals surface area contributed by atoms with Crippen molar-refractivity contribution in [3.05, 3.63) is 0 Å². The summed E-state index contributed by atoms with van der Waals surface area (Å²) in [6.07, 6.45) is 5.67. The topological polar surface area (TPSA) is 50.4 Å².